The first-order chi connectivity index (χ1) is 13.3. The van der Waals surface area contributed by atoms with E-state index < -0.39 is 0 Å². The van der Waals surface area contributed by atoms with Gasteiger partial charge in [0.05, 0.1) is 16.8 Å². The molecule has 1 aliphatic heterocycles. The van der Waals surface area contributed by atoms with Gasteiger partial charge < -0.3 is 10.6 Å². The number of fused-ring (bicyclic) bond motifs is 3. The van der Waals surface area contributed by atoms with Crippen LogP contribution in [0.15, 0.2) is 54.9 Å². The first kappa shape index (κ1) is 16.4. The van der Waals surface area contributed by atoms with Gasteiger partial charge in [-0.1, -0.05) is 18.2 Å². The highest BCUT2D eigenvalue weighted by Gasteiger charge is 2.36. The molecule has 3 heterocycles. The lowest BCUT2D eigenvalue weighted by Gasteiger charge is -2.28. The Hall–Kier alpha value is -2.79. The number of rotatable bonds is 3. The van der Waals surface area contributed by atoms with E-state index in [1.807, 2.05) is 42.5 Å². The fourth-order valence-corrected chi connectivity index (χ4v) is 4.45. The molecule has 2 N–H and O–H groups in total. The van der Waals surface area contributed by atoms with Gasteiger partial charge in [-0.3, -0.25) is 9.78 Å². The molecule has 1 amide bonds. The molecular weight excluding hydrogens is 336 g/mol. The topological polar surface area (TPSA) is 66.9 Å². The third-order valence-electron chi connectivity index (χ3n) is 5.89. The Morgan fingerprint density at radius 1 is 1.15 bits per heavy atom. The number of carbonyl (C=O) groups is 1. The van der Waals surface area contributed by atoms with Gasteiger partial charge in [0, 0.05) is 42.0 Å². The molecular formula is C22H22N4O. The van der Waals surface area contributed by atoms with Gasteiger partial charge in [0.2, 0.25) is 0 Å². The summed E-state index contributed by atoms with van der Waals surface area (Å²) in [4.78, 5) is 22.1. The monoisotopic (exact) mass is 358 g/mol. The van der Waals surface area contributed by atoms with Crippen LogP contribution in [0.3, 0.4) is 0 Å². The van der Waals surface area contributed by atoms with Crippen LogP contribution >= 0.6 is 0 Å². The number of hydrogen-bond donors (Lipinski definition) is 2. The molecule has 1 aliphatic carbocycles. The molecule has 27 heavy (non-hydrogen) atoms. The maximum Gasteiger partial charge on any atom is 0.252 e. The van der Waals surface area contributed by atoms with Crippen LogP contribution in [0.5, 0.6) is 0 Å². The summed E-state index contributed by atoms with van der Waals surface area (Å²) in [5.74, 6) is 0.535. The quantitative estimate of drug-likeness (QED) is 0.755. The highest BCUT2D eigenvalue weighted by Crippen LogP contribution is 2.30. The third kappa shape index (κ3) is 3.08. The predicted molar refractivity (Wildman–Crippen MR) is 105 cm³/mol. The van der Waals surface area contributed by atoms with Crippen molar-refractivity contribution in [3.8, 4) is 11.3 Å². The molecule has 3 unspecified atom stereocenters. The standard InChI is InChI=1S/C22H22N4O/c27-22(26-19-8-7-16-10-15(19)13-24-16)18-11-21(14-4-3-9-23-12-14)25-20-6-2-1-5-17(18)20/h1-6,9,11-12,15-16,19,24H,7-8,10,13H2,(H,26,27). The Labute approximate surface area is 158 Å². The van der Waals surface area contributed by atoms with E-state index >= 15 is 0 Å². The van der Waals surface area contributed by atoms with Crippen molar-refractivity contribution < 1.29 is 4.79 Å². The van der Waals surface area contributed by atoms with Crippen molar-refractivity contribution in [1.29, 1.82) is 0 Å². The van der Waals surface area contributed by atoms with Crippen molar-refractivity contribution >= 4 is 16.8 Å². The maximum absolute atomic E-state index is 13.2. The van der Waals surface area contributed by atoms with Gasteiger partial charge in [0.1, 0.15) is 0 Å². The minimum atomic E-state index is -0.00547. The lowest BCUT2D eigenvalue weighted by atomic mass is 9.85. The fraction of sp³-hybridized carbons (Fsp3) is 0.318. The summed E-state index contributed by atoms with van der Waals surface area (Å²) in [6.45, 7) is 1.01. The summed E-state index contributed by atoms with van der Waals surface area (Å²) in [6.07, 6.45) is 6.88. The van der Waals surface area contributed by atoms with Gasteiger partial charge in [-0.25, -0.2) is 4.98 Å². The van der Waals surface area contributed by atoms with E-state index in [0.717, 1.165) is 41.5 Å². The van der Waals surface area contributed by atoms with Crippen LogP contribution in [0.1, 0.15) is 29.6 Å². The number of carbonyl (C=O) groups excluding carboxylic acids is 1. The molecule has 1 saturated heterocycles. The number of pyridine rings is 2. The maximum atomic E-state index is 13.2. The molecule has 2 fully saturated rings. The van der Waals surface area contributed by atoms with Crippen molar-refractivity contribution in [2.75, 3.05) is 6.54 Å². The minimum Gasteiger partial charge on any atom is -0.349 e. The van der Waals surface area contributed by atoms with Crippen LogP contribution in [-0.4, -0.2) is 34.5 Å². The van der Waals surface area contributed by atoms with Crippen LogP contribution in [-0.2, 0) is 0 Å². The van der Waals surface area contributed by atoms with Crippen molar-refractivity contribution in [3.05, 3.63) is 60.4 Å². The minimum absolute atomic E-state index is 0.00547. The zero-order chi connectivity index (χ0) is 18.2. The molecule has 5 heteroatoms. The van der Waals surface area contributed by atoms with Crippen molar-refractivity contribution in [2.45, 2.75) is 31.3 Å². The van der Waals surface area contributed by atoms with E-state index in [1.165, 1.54) is 6.42 Å². The van der Waals surface area contributed by atoms with Gasteiger partial charge >= 0.3 is 0 Å². The number of benzene rings is 1. The zero-order valence-corrected chi connectivity index (χ0v) is 15.1. The van der Waals surface area contributed by atoms with Crippen LogP contribution in [0, 0.1) is 5.92 Å². The number of amides is 1. The fourth-order valence-electron chi connectivity index (χ4n) is 4.45. The summed E-state index contributed by atoms with van der Waals surface area (Å²) < 4.78 is 0. The van der Waals surface area contributed by atoms with Crippen LogP contribution in [0.25, 0.3) is 22.2 Å². The van der Waals surface area contributed by atoms with E-state index in [0.29, 0.717) is 17.5 Å². The Kier molecular flexibility index (Phi) is 4.09. The molecule has 2 bridgehead atoms. The Bertz CT molecular complexity index is 988. The predicted octanol–water partition coefficient (Wildman–Crippen LogP) is 3.17. The van der Waals surface area contributed by atoms with E-state index in [1.54, 1.807) is 12.4 Å². The normalized spacial score (nSPS) is 24.1. The van der Waals surface area contributed by atoms with E-state index in [2.05, 4.69) is 15.6 Å². The summed E-state index contributed by atoms with van der Waals surface area (Å²) in [5.41, 5.74) is 3.21. The largest absolute Gasteiger partial charge is 0.349 e. The van der Waals surface area contributed by atoms with E-state index in [-0.39, 0.29) is 11.9 Å². The first-order valence-corrected chi connectivity index (χ1v) is 9.62. The Morgan fingerprint density at radius 3 is 2.96 bits per heavy atom. The second kappa shape index (κ2) is 6.74. The van der Waals surface area contributed by atoms with Crippen LogP contribution in [0.4, 0.5) is 0 Å². The van der Waals surface area contributed by atoms with Crippen molar-refractivity contribution in [3.63, 3.8) is 0 Å². The molecule has 5 rings (SSSR count). The molecule has 5 nitrogen and oxygen atoms in total. The first-order valence-electron chi connectivity index (χ1n) is 9.62. The average molecular weight is 358 g/mol. The number of nitrogens with zero attached hydrogens (tertiary/aromatic N) is 2. The molecule has 2 aromatic heterocycles. The molecule has 0 radical (unpaired) electrons. The lowest BCUT2D eigenvalue weighted by Crippen LogP contribution is -2.42. The van der Waals surface area contributed by atoms with Gasteiger partial charge in [0.25, 0.3) is 5.91 Å². The van der Waals surface area contributed by atoms with Gasteiger partial charge in [-0.05, 0) is 49.4 Å². The number of para-hydroxylation sites is 1. The molecule has 3 atom stereocenters. The van der Waals surface area contributed by atoms with Crippen LogP contribution in [0.2, 0.25) is 0 Å². The summed E-state index contributed by atoms with van der Waals surface area (Å²) in [5, 5.41) is 7.75. The summed E-state index contributed by atoms with van der Waals surface area (Å²) in [7, 11) is 0. The second-order valence-corrected chi connectivity index (χ2v) is 7.57. The lowest BCUT2D eigenvalue weighted by molar-refractivity contribution is 0.0916. The third-order valence-corrected chi connectivity index (χ3v) is 5.89. The summed E-state index contributed by atoms with van der Waals surface area (Å²) >= 11 is 0. The average Bonchev–Trinajstić information content (AvgIpc) is 3.12. The number of nitrogens with one attached hydrogen (secondary N) is 2. The number of aromatic nitrogens is 2. The van der Waals surface area contributed by atoms with E-state index in [9.17, 15) is 4.79 Å². The SMILES string of the molecule is O=C(NC1CCC2CC1CN2)c1cc(-c2cccnc2)nc2ccccc12. The van der Waals surface area contributed by atoms with E-state index in [4.69, 9.17) is 4.98 Å². The second-order valence-electron chi connectivity index (χ2n) is 7.57. The van der Waals surface area contributed by atoms with Crippen molar-refractivity contribution in [2.24, 2.45) is 5.92 Å². The van der Waals surface area contributed by atoms with Crippen molar-refractivity contribution in [1.82, 2.24) is 20.6 Å². The summed E-state index contributed by atoms with van der Waals surface area (Å²) in [6, 6.07) is 14.5. The highest BCUT2D eigenvalue weighted by molar-refractivity contribution is 6.07. The molecule has 2 aliphatic rings. The smallest absolute Gasteiger partial charge is 0.252 e. The van der Waals surface area contributed by atoms with Gasteiger partial charge in [-0.15, -0.1) is 0 Å². The molecule has 0 spiro atoms. The Balaban J connectivity index is 1.52. The number of hydrogen-bond acceptors (Lipinski definition) is 4. The van der Waals surface area contributed by atoms with Crippen LogP contribution < -0.4 is 10.6 Å². The zero-order valence-electron chi connectivity index (χ0n) is 15.1. The van der Waals surface area contributed by atoms with Gasteiger partial charge in [-0.2, -0.15) is 0 Å². The molecule has 136 valence electrons. The molecule has 1 saturated carbocycles. The Morgan fingerprint density at radius 2 is 2.07 bits per heavy atom. The van der Waals surface area contributed by atoms with Gasteiger partial charge in [0.15, 0.2) is 0 Å². The molecule has 3 aromatic rings. The molecule has 1 aromatic carbocycles. The highest BCUT2D eigenvalue weighted by atomic mass is 16.1.